The lowest BCUT2D eigenvalue weighted by Crippen LogP contribution is -2.49. The molecule has 2 aromatic heterocycles. The van der Waals surface area contributed by atoms with Gasteiger partial charge in [0.15, 0.2) is 11.5 Å². The molecular formula is C23H32N10O2. The van der Waals surface area contributed by atoms with Gasteiger partial charge in [-0.15, -0.1) is 0 Å². The molecule has 186 valence electrons. The molecule has 3 amide bonds. The quantitative estimate of drug-likeness (QED) is 0.539. The van der Waals surface area contributed by atoms with E-state index in [4.69, 9.17) is 10.7 Å². The van der Waals surface area contributed by atoms with Crippen LogP contribution >= 0.6 is 0 Å². The van der Waals surface area contributed by atoms with E-state index in [9.17, 15) is 9.59 Å². The van der Waals surface area contributed by atoms with Crippen LogP contribution in [-0.4, -0.2) is 102 Å². The molecule has 0 aromatic carbocycles. The summed E-state index contributed by atoms with van der Waals surface area (Å²) < 4.78 is 0. The maximum atomic E-state index is 12.5. The van der Waals surface area contributed by atoms with Crippen molar-refractivity contribution >= 4 is 35.1 Å². The summed E-state index contributed by atoms with van der Waals surface area (Å²) in [6.07, 6.45) is 5.28. The number of nitrogens with one attached hydrogen (secondary N) is 2. The number of aromatic nitrogens is 3. The van der Waals surface area contributed by atoms with Crippen LogP contribution in [0.4, 0.5) is 27.9 Å². The Bertz CT molecular complexity index is 1070. The van der Waals surface area contributed by atoms with E-state index < -0.39 is 5.91 Å². The van der Waals surface area contributed by atoms with Crippen molar-refractivity contribution in [3.63, 3.8) is 0 Å². The van der Waals surface area contributed by atoms with Gasteiger partial charge in [0.2, 0.25) is 0 Å². The van der Waals surface area contributed by atoms with Gasteiger partial charge >= 0.3 is 6.03 Å². The summed E-state index contributed by atoms with van der Waals surface area (Å²) in [4.78, 5) is 46.1. The van der Waals surface area contributed by atoms with Gasteiger partial charge in [-0.3, -0.25) is 4.79 Å². The Labute approximate surface area is 204 Å². The Morgan fingerprint density at radius 1 is 1.09 bits per heavy atom. The van der Waals surface area contributed by atoms with Crippen molar-refractivity contribution in [2.75, 3.05) is 74.5 Å². The molecule has 3 aliphatic rings. The molecule has 0 aliphatic carbocycles. The van der Waals surface area contributed by atoms with Crippen LogP contribution in [0.5, 0.6) is 0 Å². The first-order valence-corrected chi connectivity index (χ1v) is 12.1. The summed E-state index contributed by atoms with van der Waals surface area (Å²) in [5.74, 6) is 0.808. The van der Waals surface area contributed by atoms with E-state index in [0.29, 0.717) is 18.2 Å². The second-order valence-corrected chi connectivity index (χ2v) is 9.19. The van der Waals surface area contributed by atoms with E-state index in [1.165, 1.54) is 0 Å². The van der Waals surface area contributed by atoms with Crippen LogP contribution in [0.3, 0.4) is 0 Å². The topological polar surface area (TPSA) is 136 Å². The number of rotatable bonds is 6. The fraction of sp³-hybridized carbons (Fsp3) is 0.522. The van der Waals surface area contributed by atoms with Gasteiger partial charge in [0.1, 0.15) is 11.6 Å². The fourth-order valence-corrected chi connectivity index (χ4v) is 4.92. The van der Waals surface area contributed by atoms with Crippen LogP contribution in [0.1, 0.15) is 23.3 Å². The van der Waals surface area contributed by atoms with E-state index in [2.05, 4.69) is 30.4 Å². The molecule has 5 rings (SSSR count). The first-order chi connectivity index (χ1) is 17.0. The Morgan fingerprint density at radius 3 is 2.60 bits per heavy atom. The number of piperidine rings is 1. The standard InChI is InChI=1S/C23H32N10O2/c1-30-11-12-33(23(30)35)17-3-2-8-32(15-17)19-14-27-20(21(24)34)22(29-19)28-18-5-4-16(13-26-18)31-9-6-25-7-10-31/h4-5,13-14,17,25H,2-3,6-12,15H2,1H3,(H2,24,34)(H,26,28,29)/t17-/m1/s1. The average molecular weight is 481 g/mol. The molecule has 1 atom stereocenters. The van der Waals surface area contributed by atoms with Crippen LogP contribution in [0.2, 0.25) is 0 Å². The van der Waals surface area contributed by atoms with Gasteiger partial charge in [0.05, 0.1) is 24.1 Å². The maximum Gasteiger partial charge on any atom is 0.320 e. The Morgan fingerprint density at radius 2 is 1.91 bits per heavy atom. The molecule has 0 spiro atoms. The number of piperazine rings is 1. The van der Waals surface area contributed by atoms with Crippen molar-refractivity contribution in [1.29, 1.82) is 0 Å². The smallest absolute Gasteiger partial charge is 0.320 e. The lowest BCUT2D eigenvalue weighted by molar-refractivity contribution is 0.0996. The summed E-state index contributed by atoms with van der Waals surface area (Å²) >= 11 is 0. The lowest BCUT2D eigenvalue weighted by atomic mass is 10.0. The van der Waals surface area contributed by atoms with E-state index in [0.717, 1.165) is 64.3 Å². The molecule has 3 saturated heterocycles. The Kier molecular flexibility index (Phi) is 6.53. The number of carbonyl (C=O) groups excluding carboxylic acids is 2. The normalized spacial score (nSPS) is 20.9. The summed E-state index contributed by atoms with van der Waals surface area (Å²) in [6, 6.07) is 4.06. The van der Waals surface area contributed by atoms with Crippen LogP contribution in [0.25, 0.3) is 0 Å². The molecule has 35 heavy (non-hydrogen) atoms. The zero-order chi connectivity index (χ0) is 24.4. The highest BCUT2D eigenvalue weighted by atomic mass is 16.2. The van der Waals surface area contributed by atoms with Crippen molar-refractivity contribution in [2.45, 2.75) is 18.9 Å². The van der Waals surface area contributed by atoms with Gasteiger partial charge < -0.3 is 36.0 Å². The number of amides is 3. The number of anilines is 4. The second-order valence-electron chi connectivity index (χ2n) is 9.19. The van der Waals surface area contributed by atoms with E-state index in [-0.39, 0.29) is 23.6 Å². The third-order valence-electron chi connectivity index (χ3n) is 6.88. The molecule has 3 fully saturated rings. The molecule has 0 unspecified atom stereocenters. The Hall–Kier alpha value is -3.67. The number of hydrogen-bond acceptors (Lipinski definition) is 9. The lowest BCUT2D eigenvalue weighted by Gasteiger charge is -2.37. The number of nitrogens with two attached hydrogens (primary N) is 1. The fourth-order valence-electron chi connectivity index (χ4n) is 4.92. The molecule has 3 aliphatic heterocycles. The van der Waals surface area contributed by atoms with E-state index >= 15 is 0 Å². The number of hydrogen-bond donors (Lipinski definition) is 3. The highest BCUT2D eigenvalue weighted by molar-refractivity contribution is 5.96. The van der Waals surface area contributed by atoms with E-state index in [1.54, 1.807) is 11.1 Å². The van der Waals surface area contributed by atoms with Crippen LogP contribution in [-0.2, 0) is 0 Å². The van der Waals surface area contributed by atoms with Gasteiger partial charge in [-0.05, 0) is 25.0 Å². The van der Waals surface area contributed by atoms with Crippen molar-refractivity contribution in [3.8, 4) is 0 Å². The SMILES string of the molecule is CN1CCN([C@@H]2CCCN(c3cnc(C(N)=O)c(Nc4ccc(N5CCNCC5)cn4)n3)C2)C1=O. The molecule has 12 heteroatoms. The summed E-state index contributed by atoms with van der Waals surface area (Å²) in [5, 5.41) is 6.47. The van der Waals surface area contributed by atoms with Crippen molar-refractivity contribution < 1.29 is 9.59 Å². The first-order valence-electron chi connectivity index (χ1n) is 12.1. The molecule has 0 radical (unpaired) electrons. The molecular weight excluding hydrogens is 448 g/mol. The maximum absolute atomic E-state index is 12.5. The average Bonchev–Trinajstić information content (AvgIpc) is 3.23. The summed E-state index contributed by atoms with van der Waals surface area (Å²) in [5.41, 5.74) is 6.69. The highest BCUT2D eigenvalue weighted by Gasteiger charge is 2.34. The number of urea groups is 1. The van der Waals surface area contributed by atoms with Crippen LogP contribution < -0.4 is 26.2 Å². The molecule has 12 nitrogen and oxygen atoms in total. The van der Waals surface area contributed by atoms with Gasteiger partial charge in [-0.2, -0.15) is 0 Å². The number of primary amides is 1. The van der Waals surface area contributed by atoms with E-state index in [1.807, 2.05) is 30.3 Å². The minimum absolute atomic E-state index is 0.0617. The molecule has 4 N–H and O–H groups in total. The predicted octanol–water partition coefficient (Wildman–Crippen LogP) is 0.460. The van der Waals surface area contributed by atoms with Gasteiger partial charge in [0.25, 0.3) is 5.91 Å². The van der Waals surface area contributed by atoms with Gasteiger partial charge in [-0.1, -0.05) is 0 Å². The van der Waals surface area contributed by atoms with Crippen LogP contribution in [0, 0.1) is 0 Å². The summed E-state index contributed by atoms with van der Waals surface area (Å²) in [6.45, 7) is 6.72. The van der Waals surface area contributed by atoms with Gasteiger partial charge in [-0.25, -0.2) is 19.7 Å². The van der Waals surface area contributed by atoms with Crippen molar-refractivity contribution in [3.05, 3.63) is 30.2 Å². The minimum atomic E-state index is -0.661. The monoisotopic (exact) mass is 480 g/mol. The van der Waals surface area contributed by atoms with Crippen molar-refractivity contribution in [2.24, 2.45) is 5.73 Å². The third-order valence-corrected chi connectivity index (χ3v) is 6.88. The number of likely N-dealkylation sites (N-methyl/N-ethyl adjacent to an activating group) is 1. The zero-order valence-corrected chi connectivity index (χ0v) is 20.0. The first kappa shape index (κ1) is 23.1. The molecule has 2 aromatic rings. The number of carbonyl (C=O) groups is 2. The molecule has 0 bridgehead atoms. The van der Waals surface area contributed by atoms with Crippen molar-refractivity contribution in [1.82, 2.24) is 30.1 Å². The third kappa shape index (κ3) is 4.92. The predicted molar refractivity (Wildman–Crippen MR) is 133 cm³/mol. The number of nitrogens with zero attached hydrogens (tertiary/aromatic N) is 7. The number of pyridine rings is 1. The highest BCUT2D eigenvalue weighted by Crippen LogP contribution is 2.26. The second kappa shape index (κ2) is 9.90. The summed E-state index contributed by atoms with van der Waals surface area (Å²) in [7, 11) is 1.83. The van der Waals surface area contributed by atoms with Crippen LogP contribution in [0.15, 0.2) is 24.5 Å². The molecule has 5 heterocycles. The largest absolute Gasteiger partial charge is 0.368 e. The zero-order valence-electron chi connectivity index (χ0n) is 20.0. The van der Waals surface area contributed by atoms with Gasteiger partial charge in [0, 0.05) is 59.4 Å². The Balaban J connectivity index is 1.33. The minimum Gasteiger partial charge on any atom is -0.368 e. The molecule has 0 saturated carbocycles.